The van der Waals surface area contributed by atoms with Gasteiger partial charge in [-0.05, 0) is 24.8 Å². The number of carboxylic acids is 1. The van der Waals surface area contributed by atoms with Crippen molar-refractivity contribution in [1.82, 2.24) is 5.32 Å². The average Bonchev–Trinajstić information content (AvgIpc) is 2.88. The molecule has 0 aliphatic heterocycles. The minimum Gasteiger partial charge on any atom is -0.481 e. The predicted octanol–water partition coefficient (Wildman–Crippen LogP) is 1.57. The van der Waals surface area contributed by atoms with Gasteiger partial charge in [0.15, 0.2) is 0 Å². The Labute approximate surface area is 117 Å². The first kappa shape index (κ1) is 14.5. The van der Waals surface area contributed by atoms with E-state index in [-0.39, 0.29) is 24.5 Å². The standard InChI is InChI=1S/C15H19NO4/c17-14(10-20-9-11-4-2-1-3-5-11)16-13-7-6-12(8-13)15(18)19/h1-5,12-13H,6-10H2,(H,16,17)(H,18,19). The van der Waals surface area contributed by atoms with E-state index >= 15 is 0 Å². The Morgan fingerprint density at radius 3 is 2.65 bits per heavy atom. The molecule has 5 heteroatoms. The van der Waals surface area contributed by atoms with Crippen LogP contribution in [0.1, 0.15) is 24.8 Å². The van der Waals surface area contributed by atoms with Gasteiger partial charge in [0.1, 0.15) is 6.61 Å². The minimum absolute atomic E-state index is 0.00311. The van der Waals surface area contributed by atoms with Crippen LogP contribution in [0, 0.1) is 5.92 Å². The lowest BCUT2D eigenvalue weighted by Crippen LogP contribution is -2.35. The molecule has 2 rings (SSSR count). The summed E-state index contributed by atoms with van der Waals surface area (Å²) in [6.07, 6.45) is 1.87. The van der Waals surface area contributed by atoms with Crippen molar-refractivity contribution in [2.24, 2.45) is 5.92 Å². The largest absolute Gasteiger partial charge is 0.481 e. The second kappa shape index (κ2) is 7.05. The van der Waals surface area contributed by atoms with Crippen molar-refractivity contribution in [3.63, 3.8) is 0 Å². The molecule has 2 unspecified atom stereocenters. The van der Waals surface area contributed by atoms with Gasteiger partial charge in [-0.15, -0.1) is 0 Å². The molecule has 5 nitrogen and oxygen atoms in total. The molecule has 0 heterocycles. The van der Waals surface area contributed by atoms with Crippen molar-refractivity contribution in [3.8, 4) is 0 Å². The highest BCUT2D eigenvalue weighted by molar-refractivity contribution is 5.78. The molecule has 1 aromatic rings. The molecule has 1 fully saturated rings. The molecule has 1 aliphatic carbocycles. The first-order valence-electron chi connectivity index (χ1n) is 6.79. The van der Waals surface area contributed by atoms with Crippen LogP contribution in [-0.4, -0.2) is 29.6 Å². The molecule has 1 saturated carbocycles. The van der Waals surface area contributed by atoms with Crippen molar-refractivity contribution in [3.05, 3.63) is 35.9 Å². The highest BCUT2D eigenvalue weighted by Gasteiger charge is 2.30. The fraction of sp³-hybridized carbons (Fsp3) is 0.467. The number of carbonyl (C=O) groups excluding carboxylic acids is 1. The van der Waals surface area contributed by atoms with Gasteiger partial charge in [0, 0.05) is 6.04 Å². The molecular weight excluding hydrogens is 258 g/mol. The topological polar surface area (TPSA) is 75.6 Å². The number of carbonyl (C=O) groups is 2. The molecule has 0 saturated heterocycles. The number of aliphatic carboxylic acids is 1. The highest BCUT2D eigenvalue weighted by atomic mass is 16.5. The number of hydrogen-bond acceptors (Lipinski definition) is 3. The predicted molar refractivity (Wildman–Crippen MR) is 73.0 cm³/mol. The van der Waals surface area contributed by atoms with Crippen LogP contribution in [0.4, 0.5) is 0 Å². The van der Waals surface area contributed by atoms with Crippen molar-refractivity contribution in [2.75, 3.05) is 6.61 Å². The molecule has 0 radical (unpaired) electrons. The maximum Gasteiger partial charge on any atom is 0.306 e. The number of hydrogen-bond donors (Lipinski definition) is 2. The zero-order valence-corrected chi connectivity index (χ0v) is 11.2. The van der Waals surface area contributed by atoms with Gasteiger partial charge in [0.05, 0.1) is 12.5 Å². The van der Waals surface area contributed by atoms with Crippen LogP contribution < -0.4 is 5.32 Å². The maximum atomic E-state index is 11.7. The lowest BCUT2D eigenvalue weighted by atomic mass is 10.1. The molecule has 1 amide bonds. The summed E-state index contributed by atoms with van der Waals surface area (Å²) in [5, 5.41) is 11.7. The minimum atomic E-state index is -0.776. The summed E-state index contributed by atoms with van der Waals surface area (Å²) in [5.74, 6) is -1.29. The second-order valence-electron chi connectivity index (χ2n) is 5.09. The number of carboxylic acid groups (broad SMARTS) is 1. The zero-order chi connectivity index (χ0) is 14.4. The van der Waals surface area contributed by atoms with Crippen molar-refractivity contribution in [2.45, 2.75) is 31.9 Å². The van der Waals surface area contributed by atoms with Gasteiger partial charge in [-0.1, -0.05) is 30.3 Å². The Kier molecular flexibility index (Phi) is 5.12. The molecule has 2 N–H and O–H groups in total. The summed E-state index contributed by atoms with van der Waals surface area (Å²) in [6.45, 7) is 0.403. The first-order chi connectivity index (χ1) is 9.65. The SMILES string of the molecule is O=C(COCc1ccccc1)NC1CCC(C(=O)O)C1. The van der Waals surface area contributed by atoms with E-state index in [0.29, 0.717) is 19.4 Å². The van der Waals surface area contributed by atoms with Gasteiger partial charge < -0.3 is 15.2 Å². The third-order valence-electron chi connectivity index (χ3n) is 3.49. The number of nitrogens with one attached hydrogen (secondary N) is 1. The Morgan fingerprint density at radius 2 is 2.00 bits per heavy atom. The fourth-order valence-corrected chi connectivity index (χ4v) is 2.44. The molecule has 108 valence electrons. The van der Waals surface area contributed by atoms with Crippen LogP contribution in [0.5, 0.6) is 0 Å². The molecule has 1 aromatic carbocycles. The van der Waals surface area contributed by atoms with Crippen LogP contribution >= 0.6 is 0 Å². The van der Waals surface area contributed by atoms with Crippen molar-refractivity contribution < 1.29 is 19.4 Å². The Bertz CT molecular complexity index is 460. The third kappa shape index (κ3) is 4.35. The van der Waals surface area contributed by atoms with Gasteiger partial charge in [0.25, 0.3) is 0 Å². The molecule has 1 aliphatic rings. The molecular formula is C15H19NO4. The van der Waals surface area contributed by atoms with E-state index < -0.39 is 5.97 Å². The van der Waals surface area contributed by atoms with E-state index in [1.54, 1.807) is 0 Å². The summed E-state index contributed by atoms with van der Waals surface area (Å²) in [5.41, 5.74) is 1.02. The smallest absolute Gasteiger partial charge is 0.306 e. The zero-order valence-electron chi connectivity index (χ0n) is 11.2. The Hall–Kier alpha value is -1.88. The van der Waals surface area contributed by atoms with Crippen molar-refractivity contribution >= 4 is 11.9 Å². The van der Waals surface area contributed by atoms with E-state index in [1.807, 2.05) is 30.3 Å². The quantitative estimate of drug-likeness (QED) is 0.827. The van der Waals surface area contributed by atoms with Crippen LogP contribution in [0.2, 0.25) is 0 Å². The average molecular weight is 277 g/mol. The van der Waals surface area contributed by atoms with Gasteiger partial charge in [0.2, 0.25) is 5.91 Å². The number of ether oxygens (including phenoxy) is 1. The number of benzene rings is 1. The summed E-state index contributed by atoms with van der Waals surface area (Å²) >= 11 is 0. The van der Waals surface area contributed by atoms with Gasteiger partial charge in [-0.2, -0.15) is 0 Å². The van der Waals surface area contributed by atoms with E-state index in [0.717, 1.165) is 12.0 Å². The molecule has 0 bridgehead atoms. The van der Waals surface area contributed by atoms with E-state index in [2.05, 4.69) is 5.32 Å². The van der Waals surface area contributed by atoms with Crippen LogP contribution in [-0.2, 0) is 20.9 Å². The first-order valence-corrected chi connectivity index (χ1v) is 6.79. The summed E-state index contributed by atoms with van der Waals surface area (Å²) in [4.78, 5) is 22.5. The Balaban J connectivity index is 1.65. The monoisotopic (exact) mass is 277 g/mol. The summed E-state index contributed by atoms with van der Waals surface area (Å²) in [7, 11) is 0. The second-order valence-corrected chi connectivity index (χ2v) is 5.09. The van der Waals surface area contributed by atoms with E-state index in [4.69, 9.17) is 9.84 Å². The molecule has 2 atom stereocenters. The van der Waals surface area contributed by atoms with Crippen LogP contribution in [0.25, 0.3) is 0 Å². The van der Waals surface area contributed by atoms with Crippen molar-refractivity contribution in [1.29, 1.82) is 0 Å². The van der Waals surface area contributed by atoms with Gasteiger partial charge in [-0.3, -0.25) is 9.59 Å². The fourth-order valence-electron chi connectivity index (χ4n) is 2.44. The lowest BCUT2D eigenvalue weighted by Gasteiger charge is -2.12. The molecule has 0 aromatic heterocycles. The van der Waals surface area contributed by atoms with Crippen LogP contribution in [0.3, 0.4) is 0 Å². The summed E-state index contributed by atoms with van der Waals surface area (Å²) < 4.78 is 5.34. The Morgan fingerprint density at radius 1 is 1.25 bits per heavy atom. The number of amides is 1. The van der Waals surface area contributed by atoms with E-state index in [9.17, 15) is 9.59 Å². The van der Waals surface area contributed by atoms with E-state index in [1.165, 1.54) is 0 Å². The normalized spacial score (nSPS) is 21.6. The lowest BCUT2D eigenvalue weighted by molar-refractivity contribution is -0.141. The van der Waals surface area contributed by atoms with Gasteiger partial charge >= 0.3 is 5.97 Å². The third-order valence-corrected chi connectivity index (χ3v) is 3.49. The molecule has 0 spiro atoms. The number of rotatable bonds is 6. The van der Waals surface area contributed by atoms with Crippen LogP contribution in [0.15, 0.2) is 30.3 Å². The summed E-state index contributed by atoms with van der Waals surface area (Å²) in [6, 6.07) is 9.60. The molecule has 20 heavy (non-hydrogen) atoms. The highest BCUT2D eigenvalue weighted by Crippen LogP contribution is 2.25. The maximum absolute atomic E-state index is 11.7. The van der Waals surface area contributed by atoms with Gasteiger partial charge in [-0.25, -0.2) is 0 Å².